The first-order valence-corrected chi connectivity index (χ1v) is 9.39. The summed E-state index contributed by atoms with van der Waals surface area (Å²) in [7, 11) is 2.79. The van der Waals surface area contributed by atoms with Gasteiger partial charge in [-0.1, -0.05) is 0 Å². The van der Waals surface area contributed by atoms with Gasteiger partial charge in [0.1, 0.15) is 11.4 Å². The Bertz CT molecular complexity index is 964. The van der Waals surface area contributed by atoms with Crippen LogP contribution in [0.25, 0.3) is 0 Å². The summed E-state index contributed by atoms with van der Waals surface area (Å²) in [5.74, 6) is -0.510. The second kappa shape index (κ2) is 10.4. The van der Waals surface area contributed by atoms with Crippen molar-refractivity contribution in [2.24, 2.45) is 0 Å². The maximum Gasteiger partial charge on any atom is 0.338 e. The number of nitrogens with one attached hydrogen (secondary N) is 1. The maximum atomic E-state index is 12.3. The number of carbonyl (C=O) groups excluding carboxylic acids is 2. The molecule has 10 nitrogen and oxygen atoms in total. The second-order valence-corrected chi connectivity index (χ2v) is 6.54. The average molecular weight is 483 g/mol. The van der Waals surface area contributed by atoms with Crippen LogP contribution in [0.4, 0.5) is 11.4 Å². The molecule has 0 radical (unpaired) electrons. The predicted octanol–water partition coefficient (Wildman–Crippen LogP) is 3.57. The maximum absolute atomic E-state index is 12.3. The fraction of sp³-hybridized carbons (Fsp3) is 0.263. The third-order valence-electron chi connectivity index (χ3n) is 3.76. The van der Waals surface area contributed by atoms with Crippen LogP contribution in [0.3, 0.4) is 0 Å². The van der Waals surface area contributed by atoms with E-state index >= 15 is 0 Å². The van der Waals surface area contributed by atoms with Gasteiger partial charge < -0.3 is 24.3 Å². The Kier molecular flexibility index (Phi) is 7.98. The molecule has 2 aromatic rings. The van der Waals surface area contributed by atoms with E-state index in [1.165, 1.54) is 44.6 Å². The molecule has 0 saturated carbocycles. The first kappa shape index (κ1) is 22.9. The fourth-order valence-corrected chi connectivity index (χ4v) is 2.97. The highest BCUT2D eigenvalue weighted by molar-refractivity contribution is 9.10. The Morgan fingerprint density at radius 2 is 1.90 bits per heavy atom. The molecule has 0 atom stereocenters. The standard InChI is InChI=1S/C19H19BrN2O8/c1-4-29-18-13(20)7-11(8-16(18)28-3)19(24)30-10-17(23)21-14-6-5-12(27-2)9-15(14)22(25)26/h5-9H,4,10H2,1-3H3,(H,21,23). The minimum Gasteiger partial charge on any atom is -0.496 e. The molecule has 0 heterocycles. The van der Waals surface area contributed by atoms with E-state index in [9.17, 15) is 19.7 Å². The third-order valence-corrected chi connectivity index (χ3v) is 4.35. The summed E-state index contributed by atoms with van der Waals surface area (Å²) in [5.41, 5.74) is -0.271. The van der Waals surface area contributed by atoms with Crippen LogP contribution in [0.15, 0.2) is 34.8 Å². The van der Waals surface area contributed by atoms with E-state index in [4.69, 9.17) is 18.9 Å². The van der Waals surface area contributed by atoms with Gasteiger partial charge in [0.15, 0.2) is 18.1 Å². The molecule has 0 saturated heterocycles. The van der Waals surface area contributed by atoms with E-state index in [0.29, 0.717) is 22.6 Å². The number of anilines is 1. The van der Waals surface area contributed by atoms with E-state index in [-0.39, 0.29) is 22.7 Å². The largest absolute Gasteiger partial charge is 0.496 e. The Morgan fingerprint density at radius 1 is 1.17 bits per heavy atom. The minimum atomic E-state index is -0.781. The van der Waals surface area contributed by atoms with E-state index in [1.807, 2.05) is 0 Å². The number of nitrogens with zero attached hydrogens (tertiary/aromatic N) is 1. The highest BCUT2D eigenvalue weighted by atomic mass is 79.9. The zero-order chi connectivity index (χ0) is 22.3. The molecule has 0 unspecified atom stereocenters. The number of halogens is 1. The number of nitro groups is 1. The lowest BCUT2D eigenvalue weighted by molar-refractivity contribution is -0.384. The van der Waals surface area contributed by atoms with Crippen molar-refractivity contribution in [2.45, 2.75) is 6.92 Å². The van der Waals surface area contributed by atoms with Gasteiger partial charge in [-0.2, -0.15) is 0 Å². The van der Waals surface area contributed by atoms with Crippen molar-refractivity contribution in [1.82, 2.24) is 0 Å². The number of nitro benzene ring substituents is 1. The van der Waals surface area contributed by atoms with Crippen LogP contribution < -0.4 is 19.5 Å². The van der Waals surface area contributed by atoms with Gasteiger partial charge >= 0.3 is 5.97 Å². The number of hydrogen-bond donors (Lipinski definition) is 1. The van der Waals surface area contributed by atoms with Crippen molar-refractivity contribution < 1.29 is 33.5 Å². The molecule has 160 valence electrons. The van der Waals surface area contributed by atoms with Crippen LogP contribution in [-0.2, 0) is 9.53 Å². The van der Waals surface area contributed by atoms with Crippen LogP contribution in [0.1, 0.15) is 17.3 Å². The number of benzene rings is 2. The second-order valence-electron chi connectivity index (χ2n) is 5.69. The molecule has 0 aliphatic rings. The summed E-state index contributed by atoms with van der Waals surface area (Å²) < 4.78 is 21.1. The molecule has 0 bridgehead atoms. The van der Waals surface area contributed by atoms with Gasteiger partial charge in [0.05, 0.1) is 41.9 Å². The third kappa shape index (κ3) is 5.60. The van der Waals surface area contributed by atoms with Crippen molar-refractivity contribution in [2.75, 3.05) is 32.8 Å². The lowest BCUT2D eigenvalue weighted by Crippen LogP contribution is -2.21. The number of ether oxygens (including phenoxy) is 4. The van der Waals surface area contributed by atoms with Crippen molar-refractivity contribution in [3.63, 3.8) is 0 Å². The molecule has 0 aliphatic carbocycles. The SMILES string of the molecule is CCOc1c(Br)cc(C(=O)OCC(=O)Nc2ccc(OC)cc2[N+](=O)[O-])cc1OC. The van der Waals surface area contributed by atoms with Gasteiger partial charge in [0.2, 0.25) is 0 Å². The number of methoxy groups -OCH3 is 2. The predicted molar refractivity (Wildman–Crippen MR) is 110 cm³/mol. The summed E-state index contributed by atoms with van der Waals surface area (Å²) in [6.45, 7) is 1.56. The lowest BCUT2D eigenvalue weighted by Gasteiger charge is -2.13. The van der Waals surface area contributed by atoms with Crippen molar-refractivity contribution >= 4 is 39.2 Å². The topological polar surface area (TPSA) is 126 Å². The molecule has 1 N–H and O–H groups in total. The average Bonchev–Trinajstić information content (AvgIpc) is 2.73. The number of carbonyl (C=O) groups is 2. The molecule has 0 spiro atoms. The molecule has 0 aromatic heterocycles. The van der Waals surface area contributed by atoms with Crippen LogP contribution >= 0.6 is 15.9 Å². The highest BCUT2D eigenvalue weighted by Gasteiger charge is 2.20. The Labute approximate surface area is 180 Å². The lowest BCUT2D eigenvalue weighted by atomic mass is 10.2. The monoisotopic (exact) mass is 482 g/mol. The highest BCUT2D eigenvalue weighted by Crippen LogP contribution is 2.37. The summed E-state index contributed by atoms with van der Waals surface area (Å²) >= 11 is 3.30. The normalized spacial score (nSPS) is 10.1. The Hall–Kier alpha value is -3.34. The zero-order valence-corrected chi connectivity index (χ0v) is 18.0. The van der Waals surface area contributed by atoms with Crippen LogP contribution in [0, 0.1) is 10.1 Å². The van der Waals surface area contributed by atoms with E-state index in [1.54, 1.807) is 6.92 Å². The molecular formula is C19H19BrN2O8. The Balaban J connectivity index is 2.07. The first-order chi connectivity index (χ1) is 14.3. The molecule has 1 amide bonds. The van der Waals surface area contributed by atoms with Gasteiger partial charge in [-0.15, -0.1) is 0 Å². The van der Waals surface area contributed by atoms with Crippen LogP contribution in [-0.4, -0.2) is 44.2 Å². The molecule has 11 heteroatoms. The quantitative estimate of drug-likeness (QED) is 0.326. The van der Waals surface area contributed by atoms with Gasteiger partial charge in [-0.3, -0.25) is 14.9 Å². The van der Waals surface area contributed by atoms with Gasteiger partial charge in [0, 0.05) is 0 Å². The summed E-state index contributed by atoms with van der Waals surface area (Å²) in [4.78, 5) is 34.9. The minimum absolute atomic E-state index is 0.0488. The van der Waals surface area contributed by atoms with Crippen molar-refractivity contribution in [3.8, 4) is 17.2 Å². The number of hydrogen-bond acceptors (Lipinski definition) is 8. The van der Waals surface area contributed by atoms with Crippen LogP contribution in [0.2, 0.25) is 0 Å². The molecule has 0 fully saturated rings. The Morgan fingerprint density at radius 3 is 2.50 bits per heavy atom. The summed E-state index contributed by atoms with van der Waals surface area (Å²) in [6.07, 6.45) is 0. The smallest absolute Gasteiger partial charge is 0.338 e. The summed E-state index contributed by atoms with van der Waals surface area (Å²) in [6, 6.07) is 6.85. The fourth-order valence-electron chi connectivity index (χ4n) is 2.42. The van der Waals surface area contributed by atoms with E-state index in [0.717, 1.165) is 0 Å². The zero-order valence-electron chi connectivity index (χ0n) is 16.4. The molecular weight excluding hydrogens is 464 g/mol. The molecule has 2 rings (SSSR count). The van der Waals surface area contributed by atoms with Crippen LogP contribution in [0.5, 0.6) is 17.2 Å². The van der Waals surface area contributed by atoms with Gasteiger partial charge in [-0.05, 0) is 47.1 Å². The number of esters is 1. The molecule has 0 aliphatic heterocycles. The molecule has 2 aromatic carbocycles. The van der Waals surface area contributed by atoms with Crippen molar-refractivity contribution in [3.05, 3.63) is 50.5 Å². The number of amides is 1. The summed E-state index contributed by atoms with van der Waals surface area (Å²) in [5, 5.41) is 13.5. The molecule has 30 heavy (non-hydrogen) atoms. The first-order valence-electron chi connectivity index (χ1n) is 8.60. The van der Waals surface area contributed by atoms with E-state index < -0.39 is 23.4 Å². The number of rotatable bonds is 9. The van der Waals surface area contributed by atoms with Gasteiger partial charge in [0.25, 0.3) is 11.6 Å². The van der Waals surface area contributed by atoms with Crippen molar-refractivity contribution in [1.29, 1.82) is 0 Å². The van der Waals surface area contributed by atoms with E-state index in [2.05, 4.69) is 21.2 Å². The van der Waals surface area contributed by atoms with Gasteiger partial charge in [-0.25, -0.2) is 4.79 Å².